The molecule has 0 saturated heterocycles. The van der Waals surface area contributed by atoms with Gasteiger partial charge in [0.1, 0.15) is 19.0 Å². The van der Waals surface area contributed by atoms with Crippen molar-refractivity contribution in [2.75, 3.05) is 13.7 Å². The van der Waals surface area contributed by atoms with Crippen molar-refractivity contribution in [1.29, 1.82) is 0 Å². The molecule has 0 radical (unpaired) electrons. The van der Waals surface area contributed by atoms with Crippen molar-refractivity contribution in [1.82, 2.24) is 4.90 Å². The van der Waals surface area contributed by atoms with Gasteiger partial charge in [-0.3, -0.25) is 14.4 Å². The van der Waals surface area contributed by atoms with E-state index in [1.807, 2.05) is 12.1 Å². The Morgan fingerprint density at radius 3 is 2.23 bits per heavy atom. The summed E-state index contributed by atoms with van der Waals surface area (Å²) in [7, 11) is 1.53. The average Bonchev–Trinajstić information content (AvgIpc) is 2.93. The normalized spacial score (nSPS) is 17.5. The Labute approximate surface area is 232 Å². The summed E-state index contributed by atoms with van der Waals surface area (Å²) in [5.74, 6) is -1.12. The van der Waals surface area contributed by atoms with Gasteiger partial charge in [0.25, 0.3) is 0 Å². The highest BCUT2D eigenvalue weighted by atomic mass is 19.1. The van der Waals surface area contributed by atoms with Crippen LogP contribution in [0.3, 0.4) is 0 Å². The van der Waals surface area contributed by atoms with E-state index in [9.17, 15) is 23.9 Å². The van der Waals surface area contributed by atoms with Gasteiger partial charge in [-0.25, -0.2) is 4.39 Å². The predicted octanol–water partition coefficient (Wildman–Crippen LogP) is 5.64. The summed E-state index contributed by atoms with van der Waals surface area (Å²) in [5.41, 5.74) is 4.71. The molecule has 0 atom stereocenters. The summed E-state index contributed by atoms with van der Waals surface area (Å²) in [6.07, 6.45) is 5.31. The van der Waals surface area contributed by atoms with E-state index in [0.717, 1.165) is 16.7 Å². The van der Waals surface area contributed by atoms with E-state index in [-0.39, 0.29) is 30.5 Å². The molecule has 0 bridgehead atoms. The molecule has 3 aliphatic rings. The molecular weight excluding hydrogens is 513 g/mol. The highest BCUT2D eigenvalue weighted by molar-refractivity contribution is 6.06. The zero-order valence-corrected chi connectivity index (χ0v) is 22.5. The second-order valence-electron chi connectivity index (χ2n) is 10.3. The van der Waals surface area contributed by atoms with E-state index in [2.05, 4.69) is 6.58 Å². The molecule has 40 heavy (non-hydrogen) atoms. The molecule has 0 spiro atoms. The van der Waals surface area contributed by atoms with Crippen molar-refractivity contribution in [2.24, 2.45) is 0 Å². The van der Waals surface area contributed by atoms with Crippen molar-refractivity contribution in [3.8, 4) is 11.5 Å². The smallest absolute Gasteiger partial charge is 0.323 e. The predicted molar refractivity (Wildman–Crippen MR) is 146 cm³/mol. The summed E-state index contributed by atoms with van der Waals surface area (Å²) in [6.45, 7) is 3.79. The standard InChI is InChI=1S/C32H32FNO6/c1-3-6-20-15-21(16-27(39-2)32(20)40-18-19-11-13-22(33)14-12-19)29-30-23(7-4-9-25(30)35)34(17-28(37)38)24-8-5-10-26(36)31(24)29/h3,11-16,29H,1,4-10,17-18H2,2H3,(H,37,38). The van der Waals surface area contributed by atoms with Crippen molar-refractivity contribution in [3.05, 3.63) is 94.1 Å². The van der Waals surface area contributed by atoms with Gasteiger partial charge >= 0.3 is 5.97 Å². The third-order valence-corrected chi connectivity index (χ3v) is 7.75. The number of allylic oxidation sites excluding steroid dienone is 5. The SMILES string of the molecule is C=CCc1cc(C2C3=C(CCCC3=O)N(CC(=O)O)C3=C2C(=O)CCC3)cc(OC)c1OCc1ccc(F)cc1. The van der Waals surface area contributed by atoms with Crippen molar-refractivity contribution in [2.45, 2.75) is 57.5 Å². The summed E-state index contributed by atoms with van der Waals surface area (Å²) >= 11 is 0. The van der Waals surface area contributed by atoms with Crippen LogP contribution in [0.25, 0.3) is 0 Å². The van der Waals surface area contributed by atoms with Crippen LogP contribution in [0.1, 0.15) is 61.1 Å². The van der Waals surface area contributed by atoms with Crippen molar-refractivity contribution < 1.29 is 33.4 Å². The van der Waals surface area contributed by atoms with Gasteiger partial charge in [-0.1, -0.05) is 24.3 Å². The Balaban J connectivity index is 1.64. The maximum absolute atomic E-state index is 13.5. The second-order valence-corrected chi connectivity index (χ2v) is 10.3. The van der Waals surface area contributed by atoms with Crippen LogP contribution in [0.2, 0.25) is 0 Å². The van der Waals surface area contributed by atoms with Crippen molar-refractivity contribution in [3.63, 3.8) is 0 Å². The Kier molecular flexibility index (Phi) is 7.87. The first kappa shape index (κ1) is 27.4. The van der Waals surface area contributed by atoms with Gasteiger partial charge < -0.3 is 19.5 Å². The number of carboxylic acids is 1. The van der Waals surface area contributed by atoms with Crippen LogP contribution in [0.15, 0.2) is 71.6 Å². The van der Waals surface area contributed by atoms with Gasteiger partial charge in [0, 0.05) is 46.9 Å². The highest BCUT2D eigenvalue weighted by Crippen LogP contribution is 2.50. The van der Waals surface area contributed by atoms with E-state index >= 15 is 0 Å². The quantitative estimate of drug-likeness (QED) is 0.408. The molecule has 0 saturated carbocycles. The molecule has 0 aromatic heterocycles. The Morgan fingerprint density at radius 2 is 1.68 bits per heavy atom. The summed E-state index contributed by atoms with van der Waals surface area (Å²) < 4.78 is 25.3. The molecule has 5 rings (SSSR count). The van der Waals surface area contributed by atoms with Gasteiger partial charge in [0.05, 0.1) is 7.11 Å². The van der Waals surface area contributed by atoms with Crippen LogP contribution < -0.4 is 9.47 Å². The van der Waals surface area contributed by atoms with Gasteiger partial charge in [-0.2, -0.15) is 0 Å². The lowest BCUT2D eigenvalue weighted by atomic mass is 9.70. The van der Waals surface area contributed by atoms with E-state index in [1.54, 1.807) is 23.1 Å². The average molecular weight is 546 g/mol. The number of methoxy groups -OCH3 is 1. The largest absolute Gasteiger partial charge is 0.493 e. The van der Waals surface area contributed by atoms with Crippen LogP contribution in [-0.2, 0) is 27.4 Å². The molecule has 1 heterocycles. The van der Waals surface area contributed by atoms with Gasteiger partial charge in [0.15, 0.2) is 23.1 Å². The van der Waals surface area contributed by atoms with E-state index < -0.39 is 11.9 Å². The maximum atomic E-state index is 13.5. The lowest BCUT2D eigenvalue weighted by Crippen LogP contribution is -2.41. The molecule has 0 fully saturated rings. The third kappa shape index (κ3) is 5.18. The number of hydrogen-bond donors (Lipinski definition) is 1. The number of Topliss-reactive ketones (excluding diaryl/α,β-unsaturated/α-hetero) is 2. The van der Waals surface area contributed by atoms with Gasteiger partial charge in [-0.05, 0) is 61.4 Å². The molecule has 0 amide bonds. The number of rotatable bonds is 9. The number of aliphatic carboxylic acids is 1. The van der Waals surface area contributed by atoms with Crippen LogP contribution in [0.4, 0.5) is 4.39 Å². The molecule has 1 N–H and O–H groups in total. The first-order chi connectivity index (χ1) is 19.3. The van der Waals surface area contributed by atoms with Crippen molar-refractivity contribution >= 4 is 17.5 Å². The zero-order chi connectivity index (χ0) is 28.4. The maximum Gasteiger partial charge on any atom is 0.323 e. The second kappa shape index (κ2) is 11.5. The fraction of sp³-hybridized carbons (Fsp3) is 0.344. The molecule has 8 heteroatoms. The van der Waals surface area contributed by atoms with Crippen LogP contribution in [-0.4, -0.2) is 41.2 Å². The number of carbonyl (C=O) groups is 3. The fourth-order valence-corrected chi connectivity index (χ4v) is 6.08. The lowest BCUT2D eigenvalue weighted by molar-refractivity contribution is -0.138. The fourth-order valence-electron chi connectivity index (χ4n) is 6.08. The zero-order valence-electron chi connectivity index (χ0n) is 22.5. The Hall–Kier alpha value is -4.20. The van der Waals surface area contributed by atoms with Gasteiger partial charge in [0.2, 0.25) is 0 Å². The van der Waals surface area contributed by atoms with Crippen LogP contribution in [0.5, 0.6) is 11.5 Å². The first-order valence-electron chi connectivity index (χ1n) is 13.5. The first-order valence-corrected chi connectivity index (χ1v) is 13.5. The number of ketones is 2. The van der Waals surface area contributed by atoms with Crippen LogP contribution in [0, 0.1) is 5.82 Å². The topological polar surface area (TPSA) is 93.1 Å². The minimum Gasteiger partial charge on any atom is -0.493 e. The molecule has 2 aliphatic carbocycles. The highest BCUT2D eigenvalue weighted by Gasteiger charge is 2.44. The molecule has 0 unspecified atom stereocenters. The number of ether oxygens (including phenoxy) is 2. The Bertz CT molecular complexity index is 1390. The number of nitrogens with zero attached hydrogens (tertiary/aromatic N) is 1. The number of carbonyl (C=O) groups excluding carboxylic acids is 2. The summed E-state index contributed by atoms with van der Waals surface area (Å²) in [5, 5.41) is 9.69. The number of carboxylic acid groups (broad SMARTS) is 1. The molecular formula is C32H32FNO6. The number of benzene rings is 2. The molecule has 7 nitrogen and oxygen atoms in total. The lowest BCUT2D eigenvalue weighted by Gasteiger charge is -2.43. The number of hydrogen-bond acceptors (Lipinski definition) is 6. The van der Waals surface area contributed by atoms with E-state index in [1.165, 1.54) is 19.2 Å². The van der Waals surface area contributed by atoms with Gasteiger partial charge in [-0.15, -0.1) is 6.58 Å². The third-order valence-electron chi connectivity index (χ3n) is 7.75. The minimum absolute atomic E-state index is 0.0626. The molecule has 208 valence electrons. The molecule has 1 aliphatic heterocycles. The van der Waals surface area contributed by atoms with Crippen LogP contribution >= 0.6 is 0 Å². The number of halogens is 1. The Morgan fingerprint density at radius 1 is 1.05 bits per heavy atom. The van der Waals surface area contributed by atoms with E-state index in [4.69, 9.17) is 9.47 Å². The summed E-state index contributed by atoms with van der Waals surface area (Å²) in [4.78, 5) is 40.5. The molecule has 2 aromatic rings. The monoisotopic (exact) mass is 545 g/mol. The molecule has 2 aromatic carbocycles. The summed E-state index contributed by atoms with van der Waals surface area (Å²) in [6, 6.07) is 9.79. The van der Waals surface area contributed by atoms with E-state index in [0.29, 0.717) is 79.0 Å². The minimum atomic E-state index is -1.01.